The van der Waals surface area contributed by atoms with Gasteiger partial charge in [-0.3, -0.25) is 0 Å². The van der Waals surface area contributed by atoms with E-state index in [0.717, 1.165) is 5.69 Å². The van der Waals surface area contributed by atoms with Crippen molar-refractivity contribution >= 4 is 11.4 Å². The highest BCUT2D eigenvalue weighted by Crippen LogP contribution is 2.31. The van der Waals surface area contributed by atoms with E-state index in [0.29, 0.717) is 6.04 Å². The van der Waals surface area contributed by atoms with Crippen molar-refractivity contribution in [2.24, 2.45) is 0 Å². The molecule has 0 aromatic heterocycles. The highest BCUT2D eigenvalue weighted by Gasteiger charge is 2.24. The van der Waals surface area contributed by atoms with E-state index in [4.69, 9.17) is 5.73 Å². The Balaban J connectivity index is 2.32. The lowest BCUT2D eigenvalue weighted by Gasteiger charge is -2.28. The molecule has 2 rings (SSSR count). The van der Waals surface area contributed by atoms with Gasteiger partial charge in [0.25, 0.3) is 0 Å². The van der Waals surface area contributed by atoms with Crippen LogP contribution in [0.2, 0.25) is 0 Å². The maximum absolute atomic E-state index is 5.95. The van der Waals surface area contributed by atoms with Crippen molar-refractivity contribution in [1.82, 2.24) is 0 Å². The van der Waals surface area contributed by atoms with Gasteiger partial charge in [-0.15, -0.1) is 0 Å². The highest BCUT2D eigenvalue weighted by atomic mass is 15.2. The van der Waals surface area contributed by atoms with Gasteiger partial charge in [-0.2, -0.15) is 0 Å². The molecule has 0 saturated carbocycles. The number of nitrogen functional groups attached to an aromatic ring is 1. The van der Waals surface area contributed by atoms with Gasteiger partial charge in [0.2, 0.25) is 0 Å². The number of nitrogens with zero attached hydrogens (tertiary/aromatic N) is 1. The van der Waals surface area contributed by atoms with Gasteiger partial charge in [0.15, 0.2) is 0 Å². The fourth-order valence-electron chi connectivity index (χ4n) is 2.53. The first-order valence-electron chi connectivity index (χ1n) is 5.85. The standard InChI is InChI=1S/C13H20N2/c1-3-11-6-5-9-15(11)13-8-4-7-12(14)10(13)2/h4,7-8,11H,3,5-6,9,14H2,1-2H3. The lowest BCUT2D eigenvalue weighted by atomic mass is 10.1. The van der Waals surface area contributed by atoms with E-state index in [9.17, 15) is 0 Å². The average Bonchev–Trinajstić information content (AvgIpc) is 2.70. The van der Waals surface area contributed by atoms with E-state index in [-0.39, 0.29) is 0 Å². The summed E-state index contributed by atoms with van der Waals surface area (Å²) < 4.78 is 0. The molecule has 1 fully saturated rings. The van der Waals surface area contributed by atoms with E-state index in [1.54, 1.807) is 0 Å². The van der Waals surface area contributed by atoms with E-state index in [1.165, 1.54) is 37.1 Å². The Morgan fingerprint density at radius 3 is 3.00 bits per heavy atom. The normalized spacial score (nSPS) is 20.9. The van der Waals surface area contributed by atoms with Crippen LogP contribution in [-0.2, 0) is 0 Å². The molecule has 1 aliphatic rings. The quantitative estimate of drug-likeness (QED) is 0.750. The van der Waals surface area contributed by atoms with Gasteiger partial charge in [-0.25, -0.2) is 0 Å². The number of benzene rings is 1. The highest BCUT2D eigenvalue weighted by molar-refractivity contribution is 5.64. The van der Waals surface area contributed by atoms with Gasteiger partial charge < -0.3 is 10.6 Å². The van der Waals surface area contributed by atoms with Crippen molar-refractivity contribution in [1.29, 1.82) is 0 Å². The Hall–Kier alpha value is -1.18. The molecule has 2 heteroatoms. The van der Waals surface area contributed by atoms with E-state index >= 15 is 0 Å². The summed E-state index contributed by atoms with van der Waals surface area (Å²) in [6.45, 7) is 5.57. The Bertz CT molecular complexity index is 346. The topological polar surface area (TPSA) is 29.3 Å². The van der Waals surface area contributed by atoms with Crippen LogP contribution in [0.25, 0.3) is 0 Å². The van der Waals surface area contributed by atoms with Gasteiger partial charge in [-0.05, 0) is 43.9 Å². The summed E-state index contributed by atoms with van der Waals surface area (Å²) in [6.07, 6.45) is 3.87. The van der Waals surface area contributed by atoms with E-state index in [2.05, 4.69) is 30.9 Å². The second kappa shape index (κ2) is 4.13. The van der Waals surface area contributed by atoms with Gasteiger partial charge in [0, 0.05) is 24.0 Å². The van der Waals surface area contributed by atoms with Crippen LogP contribution in [0.5, 0.6) is 0 Å². The molecule has 15 heavy (non-hydrogen) atoms. The third kappa shape index (κ3) is 1.81. The second-order valence-corrected chi connectivity index (χ2v) is 4.39. The molecule has 1 aromatic rings. The third-order valence-corrected chi connectivity index (χ3v) is 3.50. The third-order valence-electron chi connectivity index (χ3n) is 3.50. The van der Waals surface area contributed by atoms with Crippen LogP contribution in [0.15, 0.2) is 18.2 Å². The molecule has 0 aliphatic carbocycles. The smallest absolute Gasteiger partial charge is 0.0419 e. The zero-order valence-corrected chi connectivity index (χ0v) is 9.66. The summed E-state index contributed by atoms with van der Waals surface area (Å²) >= 11 is 0. The second-order valence-electron chi connectivity index (χ2n) is 4.39. The van der Waals surface area contributed by atoms with Crippen LogP contribution >= 0.6 is 0 Å². The monoisotopic (exact) mass is 204 g/mol. The zero-order chi connectivity index (χ0) is 10.8. The molecular weight excluding hydrogens is 184 g/mol. The first-order chi connectivity index (χ1) is 7.24. The molecule has 1 unspecified atom stereocenters. The molecular formula is C13H20N2. The van der Waals surface area contributed by atoms with Crippen molar-refractivity contribution in [3.05, 3.63) is 23.8 Å². The van der Waals surface area contributed by atoms with Crippen LogP contribution in [0.1, 0.15) is 31.7 Å². The maximum Gasteiger partial charge on any atom is 0.0419 e. The van der Waals surface area contributed by atoms with Crippen LogP contribution in [0.3, 0.4) is 0 Å². The molecule has 1 aliphatic heterocycles. The molecule has 0 spiro atoms. The first-order valence-corrected chi connectivity index (χ1v) is 5.85. The predicted octanol–water partition coefficient (Wildman–Crippen LogP) is 2.96. The number of anilines is 2. The Kier molecular flexibility index (Phi) is 2.85. The van der Waals surface area contributed by atoms with Crippen molar-refractivity contribution < 1.29 is 0 Å². The summed E-state index contributed by atoms with van der Waals surface area (Å²) in [5.41, 5.74) is 9.43. The lowest BCUT2D eigenvalue weighted by Crippen LogP contribution is -2.29. The van der Waals surface area contributed by atoms with Crippen molar-refractivity contribution in [3.8, 4) is 0 Å². The van der Waals surface area contributed by atoms with Crippen LogP contribution in [-0.4, -0.2) is 12.6 Å². The van der Waals surface area contributed by atoms with Crippen molar-refractivity contribution in [2.45, 2.75) is 39.2 Å². The minimum Gasteiger partial charge on any atom is -0.398 e. The molecule has 1 heterocycles. The Labute approximate surface area is 92.1 Å². The molecule has 1 saturated heterocycles. The largest absolute Gasteiger partial charge is 0.398 e. The van der Waals surface area contributed by atoms with E-state index < -0.39 is 0 Å². The van der Waals surface area contributed by atoms with Gasteiger partial charge >= 0.3 is 0 Å². The van der Waals surface area contributed by atoms with Crippen LogP contribution < -0.4 is 10.6 Å². The molecule has 0 radical (unpaired) electrons. The molecule has 1 atom stereocenters. The zero-order valence-electron chi connectivity index (χ0n) is 9.66. The number of hydrogen-bond donors (Lipinski definition) is 1. The molecule has 0 amide bonds. The Morgan fingerprint density at radius 2 is 2.27 bits per heavy atom. The number of rotatable bonds is 2. The fraction of sp³-hybridized carbons (Fsp3) is 0.538. The first kappa shape index (κ1) is 10.3. The Morgan fingerprint density at radius 1 is 1.47 bits per heavy atom. The fourth-order valence-corrected chi connectivity index (χ4v) is 2.53. The summed E-state index contributed by atoms with van der Waals surface area (Å²) in [4.78, 5) is 2.52. The van der Waals surface area contributed by atoms with Gasteiger partial charge in [0.05, 0.1) is 0 Å². The molecule has 1 aromatic carbocycles. The van der Waals surface area contributed by atoms with Crippen LogP contribution in [0.4, 0.5) is 11.4 Å². The summed E-state index contributed by atoms with van der Waals surface area (Å²) in [7, 11) is 0. The van der Waals surface area contributed by atoms with Gasteiger partial charge in [0.1, 0.15) is 0 Å². The minimum atomic E-state index is 0.713. The summed E-state index contributed by atoms with van der Waals surface area (Å²) in [5, 5.41) is 0. The summed E-state index contributed by atoms with van der Waals surface area (Å²) in [6, 6.07) is 6.95. The molecule has 2 N–H and O–H groups in total. The van der Waals surface area contributed by atoms with E-state index in [1.807, 2.05) is 6.07 Å². The average molecular weight is 204 g/mol. The number of nitrogens with two attached hydrogens (primary N) is 1. The molecule has 2 nitrogen and oxygen atoms in total. The maximum atomic E-state index is 5.95. The van der Waals surface area contributed by atoms with Gasteiger partial charge in [-0.1, -0.05) is 13.0 Å². The number of hydrogen-bond acceptors (Lipinski definition) is 2. The lowest BCUT2D eigenvalue weighted by molar-refractivity contribution is 0.645. The van der Waals surface area contributed by atoms with Crippen molar-refractivity contribution in [2.75, 3.05) is 17.2 Å². The molecule has 0 bridgehead atoms. The SMILES string of the molecule is CCC1CCCN1c1cccc(N)c1C. The molecule has 82 valence electrons. The van der Waals surface area contributed by atoms with Crippen molar-refractivity contribution in [3.63, 3.8) is 0 Å². The predicted molar refractivity (Wildman–Crippen MR) is 66.3 cm³/mol. The van der Waals surface area contributed by atoms with Crippen LogP contribution in [0, 0.1) is 6.92 Å². The summed E-state index contributed by atoms with van der Waals surface area (Å²) in [5.74, 6) is 0. The minimum absolute atomic E-state index is 0.713.